The number of oxazole rings is 1. The molecule has 0 saturated carbocycles. The van der Waals surface area contributed by atoms with Crippen molar-refractivity contribution in [2.24, 2.45) is 5.73 Å². The van der Waals surface area contributed by atoms with E-state index in [0.29, 0.717) is 24.7 Å². The van der Waals surface area contributed by atoms with E-state index in [1.807, 2.05) is 11.0 Å². The van der Waals surface area contributed by atoms with Crippen molar-refractivity contribution in [1.29, 1.82) is 0 Å². The fraction of sp³-hybridized carbons (Fsp3) is 0.474. The number of nitrogens with two attached hydrogens (primary N) is 1. The van der Waals surface area contributed by atoms with Crippen LogP contribution in [0.3, 0.4) is 0 Å². The molecule has 1 aliphatic rings. The molecule has 6 heteroatoms. The van der Waals surface area contributed by atoms with Crippen molar-refractivity contribution < 1.29 is 9.21 Å². The van der Waals surface area contributed by atoms with Crippen molar-refractivity contribution >= 4 is 5.91 Å². The molecule has 0 spiro atoms. The Balaban J connectivity index is 1.53. The first-order chi connectivity index (χ1) is 12.2. The van der Waals surface area contributed by atoms with Gasteiger partial charge in [-0.3, -0.25) is 9.69 Å². The summed E-state index contributed by atoms with van der Waals surface area (Å²) in [5.74, 6) is 0.381. The number of piperazine rings is 1. The zero-order valence-corrected chi connectivity index (χ0v) is 14.7. The highest BCUT2D eigenvalue weighted by atomic mass is 16.3. The highest BCUT2D eigenvalue weighted by molar-refractivity contribution is 5.92. The predicted molar refractivity (Wildman–Crippen MR) is 96.0 cm³/mol. The average molecular weight is 342 g/mol. The molecule has 25 heavy (non-hydrogen) atoms. The number of hydrogen-bond acceptors (Lipinski definition) is 5. The summed E-state index contributed by atoms with van der Waals surface area (Å²) in [6, 6.07) is 10.2. The van der Waals surface area contributed by atoms with Gasteiger partial charge in [0.15, 0.2) is 5.69 Å². The molecule has 0 bridgehead atoms. The van der Waals surface area contributed by atoms with Gasteiger partial charge in [0, 0.05) is 32.7 Å². The van der Waals surface area contributed by atoms with Crippen molar-refractivity contribution in [2.45, 2.75) is 32.4 Å². The van der Waals surface area contributed by atoms with Gasteiger partial charge < -0.3 is 15.1 Å². The Labute approximate surface area is 148 Å². The number of hydrogen-bond donors (Lipinski definition) is 1. The third-order valence-corrected chi connectivity index (χ3v) is 4.57. The quantitative estimate of drug-likeness (QED) is 0.872. The van der Waals surface area contributed by atoms with Crippen molar-refractivity contribution in [3.8, 4) is 0 Å². The van der Waals surface area contributed by atoms with E-state index in [4.69, 9.17) is 10.2 Å². The van der Waals surface area contributed by atoms with Crippen molar-refractivity contribution in [2.75, 3.05) is 26.2 Å². The molecule has 1 aliphatic heterocycles. The van der Waals surface area contributed by atoms with Gasteiger partial charge in [0.2, 0.25) is 5.89 Å². The van der Waals surface area contributed by atoms with Gasteiger partial charge in [-0.05, 0) is 12.0 Å². The highest BCUT2D eigenvalue weighted by Crippen LogP contribution is 2.17. The minimum atomic E-state index is -0.241. The zero-order chi connectivity index (χ0) is 17.6. The molecule has 3 rings (SSSR count). The van der Waals surface area contributed by atoms with Gasteiger partial charge in [-0.1, -0.05) is 43.7 Å². The second kappa shape index (κ2) is 8.27. The van der Waals surface area contributed by atoms with E-state index in [1.165, 1.54) is 11.8 Å². The normalized spacial score (nSPS) is 16.8. The maximum atomic E-state index is 12.6. The monoisotopic (exact) mass is 342 g/mol. The second-order valence-corrected chi connectivity index (χ2v) is 6.52. The topological polar surface area (TPSA) is 75.6 Å². The third kappa shape index (κ3) is 4.46. The van der Waals surface area contributed by atoms with Crippen LogP contribution in [0.25, 0.3) is 0 Å². The smallest absolute Gasteiger partial charge is 0.275 e. The van der Waals surface area contributed by atoms with Gasteiger partial charge in [0.1, 0.15) is 6.26 Å². The van der Waals surface area contributed by atoms with Crippen molar-refractivity contribution in [1.82, 2.24) is 14.8 Å². The zero-order valence-electron chi connectivity index (χ0n) is 14.7. The lowest BCUT2D eigenvalue weighted by Gasteiger charge is -2.34. The molecule has 6 nitrogen and oxygen atoms in total. The summed E-state index contributed by atoms with van der Waals surface area (Å²) < 4.78 is 5.40. The molecular formula is C19H26N4O2. The molecule has 0 radical (unpaired) electrons. The van der Waals surface area contributed by atoms with Crippen LogP contribution < -0.4 is 5.73 Å². The first-order valence-corrected chi connectivity index (χ1v) is 8.94. The number of nitrogens with zero attached hydrogens (tertiary/aromatic N) is 3. The molecule has 1 aromatic heterocycles. The highest BCUT2D eigenvalue weighted by Gasteiger charge is 2.25. The first-order valence-electron chi connectivity index (χ1n) is 8.94. The van der Waals surface area contributed by atoms with Crippen LogP contribution in [-0.2, 0) is 6.54 Å². The van der Waals surface area contributed by atoms with Gasteiger partial charge in [0.05, 0.1) is 6.04 Å². The van der Waals surface area contributed by atoms with Gasteiger partial charge in [-0.2, -0.15) is 0 Å². The first kappa shape index (κ1) is 17.6. The maximum absolute atomic E-state index is 12.6. The van der Waals surface area contributed by atoms with Crippen molar-refractivity contribution in [3.05, 3.63) is 53.7 Å². The summed E-state index contributed by atoms with van der Waals surface area (Å²) in [6.45, 7) is 6.11. The molecule has 1 amide bonds. The molecule has 0 aliphatic carbocycles. The average Bonchev–Trinajstić information content (AvgIpc) is 3.13. The number of rotatable bonds is 6. The Hall–Kier alpha value is -2.18. The van der Waals surface area contributed by atoms with E-state index in [2.05, 4.69) is 41.1 Å². The minimum absolute atomic E-state index is 0.0712. The van der Waals surface area contributed by atoms with Crippen molar-refractivity contribution in [3.63, 3.8) is 0 Å². The maximum Gasteiger partial charge on any atom is 0.275 e. The van der Waals surface area contributed by atoms with Gasteiger partial charge in [0.25, 0.3) is 5.91 Å². The van der Waals surface area contributed by atoms with Crippen LogP contribution in [0.4, 0.5) is 0 Å². The third-order valence-electron chi connectivity index (χ3n) is 4.57. The Morgan fingerprint density at radius 3 is 2.64 bits per heavy atom. The lowest BCUT2D eigenvalue weighted by molar-refractivity contribution is 0.0622. The van der Waals surface area contributed by atoms with Crippen LogP contribution in [0, 0.1) is 0 Å². The number of carbonyl (C=O) groups excluding carboxylic acids is 1. The molecule has 2 aromatic rings. The molecule has 2 N–H and O–H groups in total. The number of carbonyl (C=O) groups is 1. The van der Waals surface area contributed by atoms with Gasteiger partial charge >= 0.3 is 0 Å². The van der Waals surface area contributed by atoms with Crippen LogP contribution in [0.1, 0.15) is 47.7 Å². The van der Waals surface area contributed by atoms with Crippen LogP contribution in [0.2, 0.25) is 0 Å². The van der Waals surface area contributed by atoms with E-state index in [1.54, 1.807) is 0 Å². The van der Waals surface area contributed by atoms with Crippen LogP contribution in [-0.4, -0.2) is 46.9 Å². The molecule has 1 saturated heterocycles. The molecule has 134 valence electrons. The SMILES string of the molecule is CCCC(N)c1nc(C(=O)N2CCN(Cc3ccccc3)CC2)co1. The van der Waals surface area contributed by atoms with Gasteiger partial charge in [-0.15, -0.1) is 0 Å². The van der Waals surface area contributed by atoms with E-state index in [0.717, 1.165) is 32.5 Å². The predicted octanol–water partition coefficient (Wildman–Crippen LogP) is 2.43. The Morgan fingerprint density at radius 1 is 1.24 bits per heavy atom. The Kier molecular flexibility index (Phi) is 5.83. The fourth-order valence-electron chi connectivity index (χ4n) is 3.10. The fourth-order valence-corrected chi connectivity index (χ4v) is 3.10. The Bertz CT molecular complexity index is 678. The van der Waals surface area contributed by atoms with E-state index in [9.17, 15) is 4.79 Å². The standard InChI is InChI=1S/C19H26N4O2/c1-2-6-16(20)18-21-17(14-25-18)19(24)23-11-9-22(10-12-23)13-15-7-4-3-5-8-15/h3-5,7-8,14,16H,2,6,9-13,20H2,1H3. The van der Waals surface area contributed by atoms with Gasteiger partial charge in [-0.25, -0.2) is 4.98 Å². The number of amides is 1. The molecule has 2 heterocycles. The summed E-state index contributed by atoms with van der Waals surface area (Å²) in [4.78, 5) is 21.1. The molecule has 1 unspecified atom stereocenters. The second-order valence-electron chi connectivity index (χ2n) is 6.52. The van der Waals surface area contributed by atoms with E-state index < -0.39 is 0 Å². The summed E-state index contributed by atoms with van der Waals surface area (Å²) in [5.41, 5.74) is 7.66. The van der Waals surface area contributed by atoms with E-state index in [-0.39, 0.29) is 11.9 Å². The Morgan fingerprint density at radius 2 is 1.96 bits per heavy atom. The van der Waals surface area contributed by atoms with Crippen LogP contribution in [0.15, 0.2) is 41.0 Å². The summed E-state index contributed by atoms with van der Waals surface area (Å²) in [7, 11) is 0. The number of aromatic nitrogens is 1. The molecule has 1 atom stereocenters. The largest absolute Gasteiger partial charge is 0.446 e. The molecular weight excluding hydrogens is 316 g/mol. The summed E-state index contributed by atoms with van der Waals surface area (Å²) >= 11 is 0. The summed E-state index contributed by atoms with van der Waals surface area (Å²) in [5, 5.41) is 0. The minimum Gasteiger partial charge on any atom is -0.446 e. The lowest BCUT2D eigenvalue weighted by atomic mass is 10.2. The van der Waals surface area contributed by atoms with Crippen LogP contribution in [0.5, 0.6) is 0 Å². The van der Waals surface area contributed by atoms with Crippen LogP contribution >= 0.6 is 0 Å². The number of benzene rings is 1. The lowest BCUT2D eigenvalue weighted by Crippen LogP contribution is -2.48. The summed E-state index contributed by atoms with van der Waals surface area (Å²) in [6.07, 6.45) is 3.19. The molecule has 1 fully saturated rings. The molecule has 1 aromatic carbocycles. The van der Waals surface area contributed by atoms with E-state index >= 15 is 0 Å².